The molecule has 2 heterocycles. The first-order valence-electron chi connectivity index (χ1n) is 8.50. The average Bonchev–Trinajstić information content (AvgIpc) is 2.94. The van der Waals surface area contributed by atoms with Gasteiger partial charge in [-0.15, -0.1) is 0 Å². The van der Waals surface area contributed by atoms with Crippen molar-refractivity contribution in [1.29, 1.82) is 0 Å². The Labute approximate surface area is 137 Å². The van der Waals surface area contributed by atoms with Crippen molar-refractivity contribution in [2.24, 2.45) is 0 Å². The van der Waals surface area contributed by atoms with Gasteiger partial charge in [0.25, 0.3) is 5.91 Å². The summed E-state index contributed by atoms with van der Waals surface area (Å²) in [6.07, 6.45) is 3.53. The number of rotatable bonds is 2. The number of fused-ring (bicyclic) bond motifs is 2. The fraction of sp³-hybridized carbons (Fsp3) is 0.350. The van der Waals surface area contributed by atoms with E-state index in [2.05, 4.69) is 17.4 Å². The van der Waals surface area contributed by atoms with Gasteiger partial charge in [-0.05, 0) is 42.5 Å². The van der Waals surface area contributed by atoms with E-state index in [1.807, 2.05) is 47.4 Å². The number of benzene rings is 2. The zero-order valence-corrected chi connectivity index (χ0v) is 13.2. The quantitative estimate of drug-likeness (QED) is 0.923. The smallest absolute Gasteiger partial charge is 0.253 e. The van der Waals surface area contributed by atoms with E-state index in [9.17, 15) is 4.79 Å². The van der Waals surface area contributed by atoms with Crippen molar-refractivity contribution in [3.8, 4) is 11.1 Å². The van der Waals surface area contributed by atoms with Gasteiger partial charge in [0, 0.05) is 30.7 Å². The Balaban J connectivity index is 1.50. The van der Waals surface area contributed by atoms with Gasteiger partial charge in [0.1, 0.15) is 0 Å². The topological polar surface area (TPSA) is 32.3 Å². The van der Waals surface area contributed by atoms with Gasteiger partial charge >= 0.3 is 0 Å². The molecule has 2 bridgehead atoms. The Kier molecular flexibility index (Phi) is 3.88. The third-order valence-electron chi connectivity index (χ3n) is 5.05. The SMILES string of the molecule is O=C(c1ccc(-c2ccccc2)cc1)N1CC[C@H]2CC[C@@H](C1)N2. The van der Waals surface area contributed by atoms with Gasteiger partial charge in [-0.2, -0.15) is 0 Å². The first-order valence-corrected chi connectivity index (χ1v) is 8.50. The lowest BCUT2D eigenvalue weighted by atomic mass is 10.0. The number of nitrogens with one attached hydrogen (secondary N) is 1. The molecule has 3 nitrogen and oxygen atoms in total. The van der Waals surface area contributed by atoms with Crippen molar-refractivity contribution in [3.05, 3.63) is 60.2 Å². The fourth-order valence-corrected chi connectivity index (χ4v) is 3.75. The van der Waals surface area contributed by atoms with Crippen LogP contribution in [-0.2, 0) is 0 Å². The summed E-state index contributed by atoms with van der Waals surface area (Å²) in [7, 11) is 0. The van der Waals surface area contributed by atoms with Crippen molar-refractivity contribution >= 4 is 5.91 Å². The Hall–Kier alpha value is -2.13. The second-order valence-corrected chi connectivity index (χ2v) is 6.62. The maximum Gasteiger partial charge on any atom is 0.253 e. The number of nitrogens with zero attached hydrogens (tertiary/aromatic N) is 1. The summed E-state index contributed by atoms with van der Waals surface area (Å²) in [5.41, 5.74) is 3.13. The second-order valence-electron chi connectivity index (χ2n) is 6.62. The van der Waals surface area contributed by atoms with Crippen molar-refractivity contribution in [2.75, 3.05) is 13.1 Å². The molecule has 2 aromatic carbocycles. The largest absolute Gasteiger partial charge is 0.337 e. The maximum atomic E-state index is 12.8. The molecular weight excluding hydrogens is 284 g/mol. The first-order chi connectivity index (χ1) is 11.3. The third-order valence-corrected chi connectivity index (χ3v) is 5.05. The molecule has 2 aliphatic rings. The summed E-state index contributed by atoms with van der Waals surface area (Å²) in [5, 5.41) is 3.63. The number of hydrogen-bond donors (Lipinski definition) is 1. The summed E-state index contributed by atoms with van der Waals surface area (Å²) >= 11 is 0. The Morgan fingerprint density at radius 3 is 2.35 bits per heavy atom. The normalized spacial score (nSPS) is 23.6. The van der Waals surface area contributed by atoms with E-state index < -0.39 is 0 Å². The number of hydrogen-bond acceptors (Lipinski definition) is 2. The third kappa shape index (κ3) is 3.02. The summed E-state index contributed by atoms with van der Waals surface area (Å²) in [6.45, 7) is 1.71. The van der Waals surface area contributed by atoms with Gasteiger partial charge in [0.15, 0.2) is 0 Å². The second kappa shape index (κ2) is 6.17. The Morgan fingerprint density at radius 2 is 1.57 bits per heavy atom. The zero-order valence-electron chi connectivity index (χ0n) is 13.2. The molecule has 1 amide bonds. The molecule has 118 valence electrons. The van der Waals surface area contributed by atoms with E-state index in [0.29, 0.717) is 12.1 Å². The number of carbonyl (C=O) groups excluding carboxylic acids is 1. The van der Waals surface area contributed by atoms with Crippen molar-refractivity contribution in [2.45, 2.75) is 31.3 Å². The molecule has 0 aromatic heterocycles. The molecule has 0 saturated carbocycles. The van der Waals surface area contributed by atoms with E-state index in [-0.39, 0.29) is 5.91 Å². The van der Waals surface area contributed by atoms with Crippen LogP contribution < -0.4 is 5.32 Å². The van der Waals surface area contributed by atoms with E-state index in [1.54, 1.807) is 0 Å². The van der Waals surface area contributed by atoms with E-state index >= 15 is 0 Å². The lowest BCUT2D eigenvalue weighted by Crippen LogP contribution is -2.39. The highest BCUT2D eigenvalue weighted by molar-refractivity contribution is 5.94. The van der Waals surface area contributed by atoms with E-state index in [4.69, 9.17) is 0 Å². The van der Waals surface area contributed by atoms with Crippen LogP contribution in [-0.4, -0.2) is 36.0 Å². The lowest BCUT2D eigenvalue weighted by molar-refractivity contribution is 0.0748. The number of likely N-dealkylation sites (tertiary alicyclic amines) is 1. The van der Waals surface area contributed by atoms with Gasteiger partial charge in [-0.3, -0.25) is 4.79 Å². The molecule has 0 radical (unpaired) electrons. The molecule has 0 spiro atoms. The van der Waals surface area contributed by atoms with Crippen LogP contribution in [0.3, 0.4) is 0 Å². The Bertz CT molecular complexity index is 681. The highest BCUT2D eigenvalue weighted by Crippen LogP contribution is 2.23. The van der Waals surface area contributed by atoms with Crippen LogP contribution in [0.4, 0.5) is 0 Å². The van der Waals surface area contributed by atoms with E-state index in [0.717, 1.165) is 30.6 Å². The standard InChI is InChI=1S/C20H22N2O/c23-20(22-13-12-18-10-11-19(14-22)21-18)17-8-6-16(7-9-17)15-4-2-1-3-5-15/h1-9,18-19,21H,10-14H2/t18-,19+/m1/s1. The van der Waals surface area contributed by atoms with Crippen LogP contribution in [0.25, 0.3) is 11.1 Å². The van der Waals surface area contributed by atoms with Crippen molar-refractivity contribution < 1.29 is 4.79 Å². The highest BCUT2D eigenvalue weighted by atomic mass is 16.2. The van der Waals surface area contributed by atoms with Crippen LogP contribution in [0.5, 0.6) is 0 Å². The van der Waals surface area contributed by atoms with Crippen LogP contribution in [0.1, 0.15) is 29.6 Å². The van der Waals surface area contributed by atoms with Crippen LogP contribution in [0, 0.1) is 0 Å². The molecule has 23 heavy (non-hydrogen) atoms. The molecule has 2 aromatic rings. The first kappa shape index (κ1) is 14.5. The average molecular weight is 306 g/mol. The molecule has 0 unspecified atom stereocenters. The van der Waals surface area contributed by atoms with Gasteiger partial charge < -0.3 is 10.2 Å². The van der Waals surface area contributed by atoms with Crippen molar-refractivity contribution in [1.82, 2.24) is 10.2 Å². The number of carbonyl (C=O) groups is 1. The molecule has 2 aliphatic heterocycles. The minimum absolute atomic E-state index is 0.166. The summed E-state index contributed by atoms with van der Waals surface area (Å²) in [4.78, 5) is 14.8. The Morgan fingerprint density at radius 1 is 0.870 bits per heavy atom. The molecule has 2 fully saturated rings. The van der Waals surface area contributed by atoms with Crippen molar-refractivity contribution in [3.63, 3.8) is 0 Å². The van der Waals surface area contributed by atoms with Crippen LogP contribution >= 0.6 is 0 Å². The monoisotopic (exact) mass is 306 g/mol. The van der Waals surface area contributed by atoms with Gasteiger partial charge in [-0.25, -0.2) is 0 Å². The molecule has 2 atom stereocenters. The minimum Gasteiger partial charge on any atom is -0.337 e. The summed E-state index contributed by atoms with van der Waals surface area (Å²) in [6, 6.07) is 19.4. The lowest BCUT2D eigenvalue weighted by Gasteiger charge is -2.24. The zero-order chi connectivity index (χ0) is 15.6. The summed E-state index contributed by atoms with van der Waals surface area (Å²) < 4.78 is 0. The molecule has 0 aliphatic carbocycles. The molecular formula is C20H22N2O. The highest BCUT2D eigenvalue weighted by Gasteiger charge is 2.31. The minimum atomic E-state index is 0.166. The molecule has 2 saturated heterocycles. The van der Waals surface area contributed by atoms with Crippen LogP contribution in [0.2, 0.25) is 0 Å². The summed E-state index contributed by atoms with van der Waals surface area (Å²) in [5.74, 6) is 0.166. The van der Waals surface area contributed by atoms with E-state index in [1.165, 1.54) is 18.4 Å². The van der Waals surface area contributed by atoms with Gasteiger partial charge in [-0.1, -0.05) is 42.5 Å². The predicted molar refractivity (Wildman–Crippen MR) is 92.3 cm³/mol. The maximum absolute atomic E-state index is 12.8. The predicted octanol–water partition coefficient (Wildman–Crippen LogP) is 3.32. The molecule has 4 rings (SSSR count). The van der Waals surface area contributed by atoms with Gasteiger partial charge in [0.2, 0.25) is 0 Å². The molecule has 1 N–H and O–H groups in total. The number of amides is 1. The van der Waals surface area contributed by atoms with Crippen LogP contribution in [0.15, 0.2) is 54.6 Å². The van der Waals surface area contributed by atoms with Gasteiger partial charge in [0.05, 0.1) is 0 Å². The molecule has 3 heteroatoms. The fourth-order valence-electron chi connectivity index (χ4n) is 3.75.